The predicted octanol–water partition coefficient (Wildman–Crippen LogP) is 3.36. The lowest BCUT2D eigenvalue weighted by atomic mass is 9.93. The van der Waals surface area contributed by atoms with Crippen LogP contribution in [0.4, 0.5) is 0 Å². The van der Waals surface area contributed by atoms with Crippen LogP contribution in [0.5, 0.6) is 0 Å². The Kier molecular flexibility index (Phi) is 4.32. The van der Waals surface area contributed by atoms with Gasteiger partial charge in [-0.15, -0.1) is 0 Å². The van der Waals surface area contributed by atoms with E-state index in [4.69, 9.17) is 0 Å². The van der Waals surface area contributed by atoms with E-state index in [1.807, 2.05) is 6.08 Å². The quantitative estimate of drug-likeness (QED) is 0.857. The molecule has 1 N–H and O–H groups in total. The van der Waals surface area contributed by atoms with Crippen molar-refractivity contribution in [3.63, 3.8) is 0 Å². The van der Waals surface area contributed by atoms with Crippen LogP contribution in [0.1, 0.15) is 71.1 Å². The van der Waals surface area contributed by atoms with E-state index in [0.717, 1.165) is 0 Å². The summed E-state index contributed by atoms with van der Waals surface area (Å²) in [5.41, 5.74) is 1.17. The summed E-state index contributed by atoms with van der Waals surface area (Å²) >= 11 is 0. The number of amides is 1. The number of carbonyl (C=O) groups is 1. The second kappa shape index (κ2) is 6.19. The Morgan fingerprint density at radius 2 is 1.60 bits per heavy atom. The van der Waals surface area contributed by atoms with Crippen LogP contribution in [0.15, 0.2) is 11.8 Å². The number of hydrogen-bond donors (Lipinski definition) is 1. The van der Waals surface area contributed by atoms with Crippen LogP contribution in [0.25, 0.3) is 0 Å². The standard InChI is InChI=1S/C17H28N2O/c1-13-16(18-14-8-4-2-5-9-14)12-17(20)19(13)15-10-6-3-7-11-15/h12-15,18H,2-11H2,1H3/t13-/m0/s1. The minimum Gasteiger partial charge on any atom is -0.384 e. The summed E-state index contributed by atoms with van der Waals surface area (Å²) in [7, 11) is 0. The minimum absolute atomic E-state index is 0.239. The van der Waals surface area contributed by atoms with Gasteiger partial charge in [0.2, 0.25) is 5.91 Å². The summed E-state index contributed by atoms with van der Waals surface area (Å²) in [5.74, 6) is 0.239. The van der Waals surface area contributed by atoms with Crippen LogP contribution in [0, 0.1) is 0 Å². The molecule has 1 heterocycles. The third kappa shape index (κ3) is 2.87. The van der Waals surface area contributed by atoms with E-state index in [-0.39, 0.29) is 11.9 Å². The first-order chi connectivity index (χ1) is 9.75. The molecular formula is C17H28N2O. The lowest BCUT2D eigenvalue weighted by Gasteiger charge is -2.36. The molecule has 0 radical (unpaired) electrons. The minimum atomic E-state index is 0.239. The van der Waals surface area contributed by atoms with Gasteiger partial charge in [-0.05, 0) is 32.6 Å². The second-order valence-electron chi connectivity index (χ2n) is 6.79. The number of hydrogen-bond acceptors (Lipinski definition) is 2. The highest BCUT2D eigenvalue weighted by atomic mass is 16.2. The number of nitrogens with one attached hydrogen (secondary N) is 1. The number of rotatable bonds is 3. The molecular weight excluding hydrogens is 248 g/mol. The smallest absolute Gasteiger partial charge is 0.249 e. The molecule has 1 amide bonds. The molecule has 0 bridgehead atoms. The maximum atomic E-state index is 12.3. The zero-order chi connectivity index (χ0) is 13.9. The summed E-state index contributed by atoms with van der Waals surface area (Å²) in [5, 5.41) is 3.67. The average Bonchev–Trinajstić information content (AvgIpc) is 2.75. The Balaban J connectivity index is 1.61. The molecule has 3 nitrogen and oxygen atoms in total. The first kappa shape index (κ1) is 14.0. The van der Waals surface area contributed by atoms with E-state index < -0.39 is 0 Å². The summed E-state index contributed by atoms with van der Waals surface area (Å²) in [6.07, 6.45) is 14.7. The summed E-state index contributed by atoms with van der Waals surface area (Å²) in [4.78, 5) is 14.5. The molecule has 3 heteroatoms. The van der Waals surface area contributed by atoms with Gasteiger partial charge in [0.15, 0.2) is 0 Å². The van der Waals surface area contributed by atoms with Gasteiger partial charge in [-0.25, -0.2) is 0 Å². The van der Waals surface area contributed by atoms with Crippen molar-refractivity contribution in [2.45, 2.75) is 89.3 Å². The third-order valence-electron chi connectivity index (χ3n) is 5.34. The SMILES string of the molecule is C[C@H]1C(NC2CCCCC2)=CC(=O)N1C1CCCCC1. The maximum absolute atomic E-state index is 12.3. The van der Waals surface area contributed by atoms with Gasteiger partial charge in [0, 0.05) is 23.9 Å². The molecule has 3 aliphatic rings. The fourth-order valence-electron chi connectivity index (χ4n) is 4.17. The monoisotopic (exact) mass is 276 g/mol. The Morgan fingerprint density at radius 1 is 1.00 bits per heavy atom. The van der Waals surface area contributed by atoms with Crippen LogP contribution in [-0.2, 0) is 4.79 Å². The van der Waals surface area contributed by atoms with Crippen molar-refractivity contribution >= 4 is 5.91 Å². The van der Waals surface area contributed by atoms with Crippen molar-refractivity contribution in [2.75, 3.05) is 0 Å². The molecule has 112 valence electrons. The number of carbonyl (C=O) groups excluding carboxylic acids is 1. The molecule has 1 aliphatic heterocycles. The van der Waals surface area contributed by atoms with Crippen LogP contribution >= 0.6 is 0 Å². The van der Waals surface area contributed by atoms with Crippen molar-refractivity contribution in [1.29, 1.82) is 0 Å². The van der Waals surface area contributed by atoms with Gasteiger partial charge in [-0.1, -0.05) is 38.5 Å². The van der Waals surface area contributed by atoms with E-state index in [1.165, 1.54) is 69.9 Å². The van der Waals surface area contributed by atoms with Gasteiger partial charge in [0.05, 0.1) is 6.04 Å². The summed E-state index contributed by atoms with van der Waals surface area (Å²) in [6.45, 7) is 2.20. The normalized spacial score (nSPS) is 29.6. The Morgan fingerprint density at radius 3 is 2.25 bits per heavy atom. The van der Waals surface area contributed by atoms with E-state index >= 15 is 0 Å². The largest absolute Gasteiger partial charge is 0.384 e. The predicted molar refractivity (Wildman–Crippen MR) is 81.3 cm³/mol. The molecule has 2 aliphatic carbocycles. The van der Waals surface area contributed by atoms with Gasteiger partial charge >= 0.3 is 0 Å². The summed E-state index contributed by atoms with van der Waals surface area (Å²) < 4.78 is 0. The zero-order valence-electron chi connectivity index (χ0n) is 12.7. The van der Waals surface area contributed by atoms with Crippen molar-refractivity contribution in [1.82, 2.24) is 10.2 Å². The highest BCUT2D eigenvalue weighted by Crippen LogP contribution is 2.30. The average molecular weight is 276 g/mol. The highest BCUT2D eigenvalue weighted by molar-refractivity contribution is 5.92. The van der Waals surface area contributed by atoms with Crippen LogP contribution in [0.3, 0.4) is 0 Å². The molecule has 3 rings (SSSR count). The highest BCUT2D eigenvalue weighted by Gasteiger charge is 2.35. The van der Waals surface area contributed by atoms with Gasteiger partial charge in [-0.2, -0.15) is 0 Å². The Hall–Kier alpha value is -0.990. The molecule has 0 aromatic carbocycles. The van der Waals surface area contributed by atoms with E-state index in [1.54, 1.807) is 0 Å². The van der Waals surface area contributed by atoms with Crippen LogP contribution in [0.2, 0.25) is 0 Å². The number of nitrogens with zero attached hydrogens (tertiary/aromatic N) is 1. The van der Waals surface area contributed by atoms with Crippen LogP contribution < -0.4 is 5.32 Å². The molecule has 2 fully saturated rings. The first-order valence-corrected chi connectivity index (χ1v) is 8.56. The molecule has 0 spiro atoms. The topological polar surface area (TPSA) is 32.3 Å². The van der Waals surface area contributed by atoms with Crippen molar-refractivity contribution < 1.29 is 4.79 Å². The molecule has 20 heavy (non-hydrogen) atoms. The first-order valence-electron chi connectivity index (χ1n) is 8.56. The second-order valence-corrected chi connectivity index (χ2v) is 6.79. The van der Waals surface area contributed by atoms with Gasteiger partial charge < -0.3 is 10.2 Å². The van der Waals surface area contributed by atoms with Crippen molar-refractivity contribution in [2.24, 2.45) is 0 Å². The zero-order valence-corrected chi connectivity index (χ0v) is 12.7. The van der Waals surface area contributed by atoms with Crippen molar-refractivity contribution in [3.05, 3.63) is 11.8 Å². The van der Waals surface area contributed by atoms with Crippen molar-refractivity contribution in [3.8, 4) is 0 Å². The molecule has 0 unspecified atom stereocenters. The van der Waals surface area contributed by atoms with Crippen LogP contribution in [-0.4, -0.2) is 28.9 Å². The van der Waals surface area contributed by atoms with E-state index in [0.29, 0.717) is 12.1 Å². The lowest BCUT2D eigenvalue weighted by molar-refractivity contribution is -0.128. The molecule has 0 aromatic rings. The van der Waals surface area contributed by atoms with Gasteiger partial charge in [0.25, 0.3) is 0 Å². The lowest BCUT2D eigenvalue weighted by Crippen LogP contribution is -2.45. The fourth-order valence-corrected chi connectivity index (χ4v) is 4.17. The molecule has 2 saturated carbocycles. The Bertz CT molecular complexity index is 378. The Labute approximate surface area is 122 Å². The van der Waals surface area contributed by atoms with Gasteiger partial charge in [-0.3, -0.25) is 4.79 Å². The van der Waals surface area contributed by atoms with Gasteiger partial charge in [0.1, 0.15) is 0 Å². The van der Waals surface area contributed by atoms with E-state index in [9.17, 15) is 4.79 Å². The molecule has 0 aromatic heterocycles. The summed E-state index contributed by atoms with van der Waals surface area (Å²) in [6, 6.07) is 1.33. The van der Waals surface area contributed by atoms with E-state index in [2.05, 4.69) is 17.1 Å². The molecule has 1 atom stereocenters. The fraction of sp³-hybridized carbons (Fsp3) is 0.824. The third-order valence-corrected chi connectivity index (χ3v) is 5.34. The molecule has 0 saturated heterocycles. The maximum Gasteiger partial charge on any atom is 0.249 e.